The minimum atomic E-state index is -0.300. The van der Waals surface area contributed by atoms with Crippen LogP contribution in [-0.2, 0) is 0 Å². The van der Waals surface area contributed by atoms with Crippen LogP contribution in [0.25, 0.3) is 0 Å². The van der Waals surface area contributed by atoms with Crippen molar-refractivity contribution < 1.29 is 5.11 Å². The quantitative estimate of drug-likeness (QED) is 0.869. The van der Waals surface area contributed by atoms with E-state index >= 15 is 0 Å². The van der Waals surface area contributed by atoms with Gasteiger partial charge in [0.15, 0.2) is 0 Å². The standard InChI is InChI=1S/C15H19BrN2O/c16-14-8-12(9-17)5-6-15(14)18-10-13(19)7-11-3-1-2-4-11/h5-6,8,11,13,18-19H,1-4,7,10H2. The Labute approximate surface area is 122 Å². The average molecular weight is 323 g/mol. The molecule has 1 atom stereocenters. The van der Waals surface area contributed by atoms with E-state index < -0.39 is 0 Å². The van der Waals surface area contributed by atoms with E-state index in [1.165, 1.54) is 25.7 Å². The summed E-state index contributed by atoms with van der Waals surface area (Å²) in [6, 6.07) is 7.52. The smallest absolute Gasteiger partial charge is 0.0992 e. The highest BCUT2D eigenvalue weighted by molar-refractivity contribution is 9.10. The lowest BCUT2D eigenvalue weighted by Gasteiger charge is -2.17. The summed E-state index contributed by atoms with van der Waals surface area (Å²) in [4.78, 5) is 0. The predicted molar refractivity (Wildman–Crippen MR) is 79.9 cm³/mol. The van der Waals surface area contributed by atoms with Gasteiger partial charge >= 0.3 is 0 Å². The first-order chi connectivity index (χ1) is 9.19. The van der Waals surface area contributed by atoms with E-state index in [0.29, 0.717) is 18.0 Å². The summed E-state index contributed by atoms with van der Waals surface area (Å²) in [7, 11) is 0. The van der Waals surface area contributed by atoms with Crippen molar-refractivity contribution in [2.75, 3.05) is 11.9 Å². The fourth-order valence-corrected chi connectivity index (χ4v) is 3.19. The molecule has 1 aliphatic rings. The van der Waals surface area contributed by atoms with Crippen molar-refractivity contribution in [1.29, 1.82) is 5.26 Å². The average Bonchev–Trinajstić information content (AvgIpc) is 2.90. The van der Waals surface area contributed by atoms with Gasteiger partial charge in [-0.3, -0.25) is 0 Å². The van der Waals surface area contributed by atoms with Crippen LogP contribution in [-0.4, -0.2) is 17.8 Å². The summed E-state index contributed by atoms with van der Waals surface area (Å²) in [5.74, 6) is 0.696. The second kappa shape index (κ2) is 6.93. The van der Waals surface area contributed by atoms with E-state index in [4.69, 9.17) is 5.26 Å². The fraction of sp³-hybridized carbons (Fsp3) is 0.533. The maximum absolute atomic E-state index is 10.0. The molecule has 1 fully saturated rings. The zero-order valence-corrected chi connectivity index (χ0v) is 12.5. The van der Waals surface area contributed by atoms with Gasteiger partial charge in [-0.25, -0.2) is 0 Å². The molecule has 102 valence electrons. The van der Waals surface area contributed by atoms with Crippen molar-refractivity contribution in [2.24, 2.45) is 5.92 Å². The van der Waals surface area contributed by atoms with Gasteiger partial charge < -0.3 is 10.4 Å². The number of anilines is 1. The third-order valence-electron chi connectivity index (χ3n) is 3.71. The Morgan fingerprint density at radius 3 is 2.79 bits per heavy atom. The predicted octanol–water partition coefficient (Wildman–Crippen LogP) is 3.67. The maximum atomic E-state index is 10.0. The van der Waals surface area contributed by atoms with Crippen molar-refractivity contribution in [3.05, 3.63) is 28.2 Å². The number of halogens is 1. The molecule has 1 saturated carbocycles. The molecule has 0 heterocycles. The molecule has 19 heavy (non-hydrogen) atoms. The lowest BCUT2D eigenvalue weighted by atomic mass is 10.00. The second-order valence-electron chi connectivity index (χ2n) is 5.23. The summed E-state index contributed by atoms with van der Waals surface area (Å²) in [5, 5.41) is 22.1. The van der Waals surface area contributed by atoms with Crippen LogP contribution in [0.3, 0.4) is 0 Å². The molecule has 0 aliphatic heterocycles. The molecule has 0 amide bonds. The van der Waals surface area contributed by atoms with Gasteiger partial charge in [-0.15, -0.1) is 0 Å². The first-order valence-electron chi connectivity index (χ1n) is 6.80. The van der Waals surface area contributed by atoms with Crippen LogP contribution in [0, 0.1) is 17.2 Å². The molecule has 0 radical (unpaired) electrons. The summed E-state index contributed by atoms with van der Waals surface area (Å²) in [5.41, 5.74) is 1.55. The topological polar surface area (TPSA) is 56.0 Å². The normalized spacial score (nSPS) is 17.1. The molecule has 2 rings (SSSR count). The molecule has 1 aliphatic carbocycles. The molecular weight excluding hydrogens is 304 g/mol. The molecule has 4 heteroatoms. The van der Waals surface area contributed by atoms with Crippen LogP contribution in [0.4, 0.5) is 5.69 Å². The summed E-state index contributed by atoms with van der Waals surface area (Å²) >= 11 is 3.43. The van der Waals surface area contributed by atoms with Gasteiger partial charge in [0.05, 0.1) is 17.7 Å². The number of hydrogen-bond donors (Lipinski definition) is 2. The number of benzene rings is 1. The Hall–Kier alpha value is -1.05. The third kappa shape index (κ3) is 4.22. The van der Waals surface area contributed by atoms with E-state index in [2.05, 4.69) is 27.3 Å². The summed E-state index contributed by atoms with van der Waals surface area (Å²) < 4.78 is 0.861. The summed E-state index contributed by atoms with van der Waals surface area (Å²) in [6.07, 6.45) is 5.74. The largest absolute Gasteiger partial charge is 0.391 e. The van der Waals surface area contributed by atoms with Crippen LogP contribution < -0.4 is 5.32 Å². The highest BCUT2D eigenvalue weighted by Crippen LogP contribution is 2.29. The number of aliphatic hydroxyl groups excluding tert-OH is 1. The Bertz CT molecular complexity index is 464. The zero-order valence-electron chi connectivity index (χ0n) is 10.9. The third-order valence-corrected chi connectivity index (χ3v) is 4.36. The van der Waals surface area contributed by atoms with Crippen molar-refractivity contribution >= 4 is 21.6 Å². The van der Waals surface area contributed by atoms with E-state index in [0.717, 1.165) is 16.6 Å². The molecule has 0 bridgehead atoms. The van der Waals surface area contributed by atoms with E-state index in [-0.39, 0.29) is 6.10 Å². The minimum absolute atomic E-state index is 0.300. The summed E-state index contributed by atoms with van der Waals surface area (Å²) in [6.45, 7) is 0.557. The first kappa shape index (κ1) is 14.4. The van der Waals surface area contributed by atoms with Crippen molar-refractivity contribution in [3.63, 3.8) is 0 Å². The molecule has 0 aromatic heterocycles. The number of nitrogens with one attached hydrogen (secondary N) is 1. The monoisotopic (exact) mass is 322 g/mol. The van der Waals surface area contributed by atoms with Crippen LogP contribution in [0.1, 0.15) is 37.7 Å². The highest BCUT2D eigenvalue weighted by atomic mass is 79.9. The fourth-order valence-electron chi connectivity index (χ4n) is 2.67. The first-order valence-corrected chi connectivity index (χ1v) is 7.60. The number of nitrogens with zero attached hydrogens (tertiary/aromatic N) is 1. The molecular formula is C15H19BrN2O. The van der Waals surface area contributed by atoms with Crippen molar-refractivity contribution in [1.82, 2.24) is 0 Å². The molecule has 1 aromatic carbocycles. The Morgan fingerprint density at radius 2 is 2.16 bits per heavy atom. The van der Waals surface area contributed by atoms with Gasteiger partial charge in [0.1, 0.15) is 0 Å². The highest BCUT2D eigenvalue weighted by Gasteiger charge is 2.18. The van der Waals surface area contributed by atoms with Crippen LogP contribution >= 0.6 is 15.9 Å². The maximum Gasteiger partial charge on any atom is 0.0992 e. The minimum Gasteiger partial charge on any atom is -0.391 e. The van der Waals surface area contributed by atoms with Crippen molar-refractivity contribution in [2.45, 2.75) is 38.2 Å². The number of hydrogen-bond acceptors (Lipinski definition) is 3. The Kier molecular flexibility index (Phi) is 5.24. The van der Waals surface area contributed by atoms with Crippen molar-refractivity contribution in [3.8, 4) is 6.07 Å². The van der Waals surface area contributed by atoms with Gasteiger partial charge in [-0.1, -0.05) is 25.7 Å². The second-order valence-corrected chi connectivity index (χ2v) is 6.08. The van der Waals surface area contributed by atoms with Gasteiger partial charge in [-0.2, -0.15) is 5.26 Å². The molecule has 3 nitrogen and oxygen atoms in total. The van der Waals surface area contributed by atoms with Gasteiger partial charge in [0, 0.05) is 16.7 Å². The molecule has 2 N–H and O–H groups in total. The SMILES string of the molecule is N#Cc1ccc(NCC(O)CC2CCCC2)c(Br)c1. The number of aliphatic hydroxyl groups is 1. The zero-order chi connectivity index (χ0) is 13.7. The van der Waals surface area contributed by atoms with E-state index in [9.17, 15) is 5.11 Å². The van der Waals surface area contributed by atoms with Gasteiger partial charge in [0.25, 0.3) is 0 Å². The Morgan fingerprint density at radius 1 is 1.42 bits per heavy atom. The molecule has 0 spiro atoms. The molecule has 1 aromatic rings. The van der Waals surface area contributed by atoms with Crippen LogP contribution in [0.15, 0.2) is 22.7 Å². The lowest BCUT2D eigenvalue weighted by Crippen LogP contribution is -2.22. The van der Waals surface area contributed by atoms with Gasteiger partial charge in [0.2, 0.25) is 0 Å². The van der Waals surface area contributed by atoms with E-state index in [1.807, 2.05) is 6.07 Å². The van der Waals surface area contributed by atoms with Crippen LogP contribution in [0.2, 0.25) is 0 Å². The van der Waals surface area contributed by atoms with Crippen LogP contribution in [0.5, 0.6) is 0 Å². The van der Waals surface area contributed by atoms with Gasteiger partial charge in [-0.05, 0) is 46.5 Å². The number of rotatable bonds is 5. The molecule has 0 saturated heterocycles. The Balaban J connectivity index is 1.82. The molecule has 1 unspecified atom stereocenters. The van der Waals surface area contributed by atoms with E-state index in [1.54, 1.807) is 12.1 Å². The lowest BCUT2D eigenvalue weighted by molar-refractivity contribution is 0.155. The number of nitriles is 1.